The predicted molar refractivity (Wildman–Crippen MR) is 95.5 cm³/mol. The van der Waals surface area contributed by atoms with Crippen LogP contribution in [0.25, 0.3) is 0 Å². The van der Waals surface area contributed by atoms with E-state index in [0.717, 1.165) is 31.4 Å². The number of carboxylic acid groups (broad SMARTS) is 1. The number of carbonyl (C=O) groups excluding carboxylic acids is 1. The zero-order valence-corrected chi connectivity index (χ0v) is 14.7. The molecule has 6 heteroatoms. The Labute approximate surface area is 149 Å². The Balaban J connectivity index is 1.91. The topological polar surface area (TPSA) is 87.7 Å². The summed E-state index contributed by atoms with van der Waals surface area (Å²) in [6.45, 7) is 2.78. The lowest BCUT2D eigenvalue weighted by atomic mass is 10.0. The van der Waals surface area contributed by atoms with Crippen molar-refractivity contribution in [2.45, 2.75) is 63.6 Å². The van der Waals surface area contributed by atoms with Crippen LogP contribution in [0.2, 0.25) is 0 Å². The maximum atomic E-state index is 12.4. The van der Waals surface area contributed by atoms with E-state index in [-0.39, 0.29) is 30.6 Å². The van der Waals surface area contributed by atoms with Gasteiger partial charge in [-0.15, -0.1) is 0 Å². The van der Waals surface area contributed by atoms with Crippen LogP contribution >= 0.6 is 0 Å². The molecule has 0 spiro atoms. The minimum atomic E-state index is -0.855. The standard InChI is InChI=1S/C19H28N2O4/c1-2-16(17-9-6-12-25-17)21-19(24)20-15(10-11-18(22)23)13-14-7-4-3-5-8-14/h3-5,7-8,15-17H,2,6,9-13H2,1H3,(H,22,23)(H2,20,21,24). The average Bonchev–Trinajstić information content (AvgIpc) is 3.13. The SMILES string of the molecule is CCC(NC(=O)NC(CCC(=O)O)Cc1ccccc1)C1CCCO1. The molecule has 0 radical (unpaired) electrons. The Morgan fingerprint density at radius 2 is 2.04 bits per heavy atom. The van der Waals surface area contributed by atoms with Crippen LogP contribution in [0.3, 0.4) is 0 Å². The van der Waals surface area contributed by atoms with Crippen LogP contribution < -0.4 is 10.6 Å². The van der Waals surface area contributed by atoms with Crippen molar-refractivity contribution < 1.29 is 19.4 Å². The summed E-state index contributed by atoms with van der Waals surface area (Å²) in [5.41, 5.74) is 1.07. The van der Waals surface area contributed by atoms with Gasteiger partial charge in [-0.3, -0.25) is 4.79 Å². The normalized spacial score (nSPS) is 19.2. The Morgan fingerprint density at radius 3 is 2.64 bits per heavy atom. The Kier molecular flexibility index (Phi) is 7.73. The van der Waals surface area contributed by atoms with Gasteiger partial charge in [0.05, 0.1) is 12.1 Å². The molecule has 3 atom stereocenters. The van der Waals surface area contributed by atoms with E-state index < -0.39 is 5.97 Å². The zero-order valence-electron chi connectivity index (χ0n) is 14.7. The Hall–Kier alpha value is -2.08. The average molecular weight is 348 g/mol. The molecule has 0 bridgehead atoms. The van der Waals surface area contributed by atoms with Crippen molar-refractivity contribution in [3.63, 3.8) is 0 Å². The van der Waals surface area contributed by atoms with Gasteiger partial charge in [-0.1, -0.05) is 37.3 Å². The molecule has 0 aliphatic carbocycles. The first-order valence-corrected chi connectivity index (χ1v) is 9.02. The molecule has 2 rings (SSSR count). The third-order valence-corrected chi connectivity index (χ3v) is 4.54. The molecule has 1 aliphatic rings. The van der Waals surface area contributed by atoms with Gasteiger partial charge in [-0.05, 0) is 37.7 Å². The summed E-state index contributed by atoms with van der Waals surface area (Å²) in [6, 6.07) is 9.28. The van der Waals surface area contributed by atoms with Crippen molar-refractivity contribution in [2.24, 2.45) is 0 Å². The molecule has 3 unspecified atom stereocenters. The lowest BCUT2D eigenvalue weighted by molar-refractivity contribution is -0.137. The molecule has 0 aromatic heterocycles. The second-order valence-corrected chi connectivity index (χ2v) is 6.50. The number of benzene rings is 1. The number of rotatable bonds is 9. The molecule has 25 heavy (non-hydrogen) atoms. The fourth-order valence-electron chi connectivity index (χ4n) is 3.19. The number of aliphatic carboxylic acids is 1. The van der Waals surface area contributed by atoms with Gasteiger partial charge in [0, 0.05) is 19.1 Å². The van der Waals surface area contributed by atoms with Crippen LogP contribution in [0.1, 0.15) is 44.6 Å². The molecule has 1 fully saturated rings. The molecule has 0 saturated carbocycles. The number of hydrogen-bond donors (Lipinski definition) is 3. The Bertz CT molecular complexity index is 544. The quantitative estimate of drug-likeness (QED) is 0.640. The molecule has 2 amide bonds. The van der Waals surface area contributed by atoms with Crippen LogP contribution in [0.4, 0.5) is 4.79 Å². The zero-order chi connectivity index (χ0) is 18.1. The van der Waals surface area contributed by atoms with E-state index in [4.69, 9.17) is 9.84 Å². The van der Waals surface area contributed by atoms with E-state index in [0.29, 0.717) is 12.8 Å². The summed E-state index contributed by atoms with van der Waals surface area (Å²) in [7, 11) is 0. The predicted octanol–water partition coefficient (Wildman–Crippen LogP) is 2.72. The third kappa shape index (κ3) is 6.74. The number of hydrogen-bond acceptors (Lipinski definition) is 3. The highest BCUT2D eigenvalue weighted by Crippen LogP contribution is 2.17. The summed E-state index contributed by atoms with van der Waals surface area (Å²) in [4.78, 5) is 23.3. The minimum absolute atomic E-state index is 0.0145. The van der Waals surface area contributed by atoms with Crippen LogP contribution in [0.15, 0.2) is 30.3 Å². The lowest BCUT2D eigenvalue weighted by Gasteiger charge is -2.25. The van der Waals surface area contributed by atoms with E-state index in [9.17, 15) is 9.59 Å². The molecule has 6 nitrogen and oxygen atoms in total. The van der Waals surface area contributed by atoms with Gasteiger partial charge >= 0.3 is 12.0 Å². The van der Waals surface area contributed by atoms with Crippen LogP contribution in [-0.4, -0.2) is 41.9 Å². The monoisotopic (exact) mass is 348 g/mol. The number of urea groups is 1. The van der Waals surface area contributed by atoms with Gasteiger partial charge in [0.15, 0.2) is 0 Å². The first-order chi connectivity index (χ1) is 12.1. The number of ether oxygens (including phenoxy) is 1. The molecule has 1 saturated heterocycles. The minimum Gasteiger partial charge on any atom is -0.481 e. The second-order valence-electron chi connectivity index (χ2n) is 6.50. The van der Waals surface area contributed by atoms with Gasteiger partial charge < -0.3 is 20.5 Å². The first-order valence-electron chi connectivity index (χ1n) is 9.02. The third-order valence-electron chi connectivity index (χ3n) is 4.54. The number of amides is 2. The molecule has 1 aliphatic heterocycles. The maximum Gasteiger partial charge on any atom is 0.315 e. The van der Waals surface area contributed by atoms with Gasteiger partial charge in [-0.25, -0.2) is 4.79 Å². The molecule has 3 N–H and O–H groups in total. The number of carbonyl (C=O) groups is 2. The van der Waals surface area contributed by atoms with Crippen molar-refractivity contribution >= 4 is 12.0 Å². The van der Waals surface area contributed by atoms with E-state index in [1.165, 1.54) is 0 Å². The smallest absolute Gasteiger partial charge is 0.315 e. The molecule has 1 aromatic rings. The van der Waals surface area contributed by atoms with E-state index >= 15 is 0 Å². The summed E-state index contributed by atoms with van der Waals surface area (Å²) in [5.74, 6) is -0.855. The molecular formula is C19H28N2O4. The summed E-state index contributed by atoms with van der Waals surface area (Å²) < 4.78 is 5.67. The van der Waals surface area contributed by atoms with E-state index in [1.807, 2.05) is 37.3 Å². The first kappa shape index (κ1) is 19.2. The largest absolute Gasteiger partial charge is 0.481 e. The van der Waals surface area contributed by atoms with Crippen molar-refractivity contribution in [2.75, 3.05) is 6.61 Å². The fraction of sp³-hybridized carbons (Fsp3) is 0.579. The summed E-state index contributed by atoms with van der Waals surface area (Å²) in [6.07, 6.45) is 3.90. The maximum absolute atomic E-state index is 12.4. The Morgan fingerprint density at radius 1 is 1.28 bits per heavy atom. The van der Waals surface area contributed by atoms with Gasteiger partial charge in [-0.2, -0.15) is 0 Å². The van der Waals surface area contributed by atoms with Crippen molar-refractivity contribution in [3.05, 3.63) is 35.9 Å². The van der Waals surface area contributed by atoms with Gasteiger partial charge in [0.1, 0.15) is 0 Å². The van der Waals surface area contributed by atoms with Crippen molar-refractivity contribution in [1.29, 1.82) is 0 Å². The molecule has 1 heterocycles. The number of carboxylic acids is 1. The summed E-state index contributed by atoms with van der Waals surface area (Å²) in [5, 5.41) is 14.9. The molecule has 1 aromatic carbocycles. The highest BCUT2D eigenvalue weighted by atomic mass is 16.5. The van der Waals surface area contributed by atoms with E-state index in [1.54, 1.807) is 0 Å². The molecule has 138 valence electrons. The van der Waals surface area contributed by atoms with Crippen LogP contribution in [0, 0.1) is 0 Å². The van der Waals surface area contributed by atoms with Crippen molar-refractivity contribution in [1.82, 2.24) is 10.6 Å². The van der Waals surface area contributed by atoms with Crippen LogP contribution in [-0.2, 0) is 16.0 Å². The number of nitrogens with one attached hydrogen (secondary N) is 2. The highest BCUT2D eigenvalue weighted by molar-refractivity contribution is 5.75. The lowest BCUT2D eigenvalue weighted by Crippen LogP contribution is -2.50. The molecular weight excluding hydrogens is 320 g/mol. The van der Waals surface area contributed by atoms with Gasteiger partial charge in [0.2, 0.25) is 0 Å². The van der Waals surface area contributed by atoms with Gasteiger partial charge in [0.25, 0.3) is 0 Å². The van der Waals surface area contributed by atoms with E-state index in [2.05, 4.69) is 10.6 Å². The summed E-state index contributed by atoms with van der Waals surface area (Å²) >= 11 is 0. The van der Waals surface area contributed by atoms with Crippen LogP contribution in [0.5, 0.6) is 0 Å². The highest BCUT2D eigenvalue weighted by Gasteiger charge is 2.26. The fourth-order valence-corrected chi connectivity index (χ4v) is 3.19. The second kappa shape index (κ2) is 10.0. The van der Waals surface area contributed by atoms with Crippen molar-refractivity contribution in [3.8, 4) is 0 Å².